The lowest BCUT2D eigenvalue weighted by Gasteiger charge is -2.36. The van der Waals surface area contributed by atoms with E-state index in [4.69, 9.17) is 16.3 Å². The number of benzene rings is 2. The number of amides is 12. The Labute approximate surface area is 584 Å². The maximum atomic E-state index is 15.2. The van der Waals surface area contributed by atoms with Crippen LogP contribution in [0.5, 0.6) is 0 Å². The van der Waals surface area contributed by atoms with E-state index in [1.54, 1.807) is 108 Å². The maximum absolute atomic E-state index is 15.2. The summed E-state index contributed by atoms with van der Waals surface area (Å²) in [4.78, 5) is 184. The van der Waals surface area contributed by atoms with Gasteiger partial charge in [-0.1, -0.05) is 116 Å². The van der Waals surface area contributed by atoms with Crippen molar-refractivity contribution < 1.29 is 67.4 Å². The number of nitrogens with zero attached hydrogens (tertiary/aromatic N) is 6. The van der Waals surface area contributed by atoms with Gasteiger partial charge in [-0.15, -0.1) is 0 Å². The van der Waals surface area contributed by atoms with Gasteiger partial charge in [0.2, 0.25) is 70.9 Å². The third kappa shape index (κ3) is 24.3. The van der Waals surface area contributed by atoms with Gasteiger partial charge in [-0.3, -0.25) is 57.5 Å². The molecule has 0 unspecified atom stereocenters. The maximum Gasteiger partial charge on any atom is 0.248 e. The van der Waals surface area contributed by atoms with Gasteiger partial charge in [-0.25, -0.2) is 0 Å². The molecule has 2 aromatic rings. The Balaban J connectivity index is 1.93. The Morgan fingerprint density at radius 1 is 0.582 bits per heavy atom. The first-order chi connectivity index (χ1) is 45.8. The fraction of sp³-hybridized carbons (Fsp3) is 0.662. The Morgan fingerprint density at radius 3 is 1.67 bits per heavy atom. The van der Waals surface area contributed by atoms with Crippen LogP contribution in [0, 0.1) is 23.7 Å². The molecule has 2 aromatic carbocycles. The Kier molecular flexibility index (Phi) is 32.1. The van der Waals surface area contributed by atoms with Crippen LogP contribution in [0.1, 0.15) is 146 Å². The molecule has 2 heterocycles. The second-order valence-corrected chi connectivity index (χ2v) is 29.2. The van der Waals surface area contributed by atoms with E-state index in [1.807, 2.05) is 27.7 Å². The number of hydrogen-bond donors (Lipinski definition) is 7. The summed E-state index contributed by atoms with van der Waals surface area (Å²) in [6.45, 7) is 21.5. The van der Waals surface area contributed by atoms with E-state index in [0.29, 0.717) is 42.1 Å². The van der Waals surface area contributed by atoms with Crippen LogP contribution < -0.4 is 31.9 Å². The molecule has 546 valence electrons. The van der Waals surface area contributed by atoms with Crippen LogP contribution in [0.25, 0.3) is 0 Å². The minimum atomic E-state index is -1.68. The monoisotopic (exact) mass is 1390 g/mol. The van der Waals surface area contributed by atoms with Crippen molar-refractivity contribution in [2.45, 2.75) is 220 Å². The van der Waals surface area contributed by atoms with Crippen LogP contribution >= 0.6 is 11.6 Å². The highest BCUT2D eigenvalue weighted by Crippen LogP contribution is 2.23. The molecule has 4 rings (SSSR count). The topological polar surface area (TPSA) is 326 Å². The number of nitrogens with one attached hydrogen (secondary N) is 6. The molecule has 7 N–H and O–H groups in total. The summed E-state index contributed by atoms with van der Waals surface area (Å²) in [5, 5.41) is 28.2. The standard InChI is InChI=1S/C71H111ClN12O14/c1-41(2)35-54-63(90)76-53(40-98-71(11,12)13)62(89)74-51(37-47-27-21-19-22-28-47)67(94)83(18)60(44(7)8)65(92)75-52(68(95)84-33-25-20-26-34-84)38-56(86)77-58(43(5)6)70(97)80(15)45(9)61(88)73-50(32-31-48-29-23-24-30-49(48)72)66(93)82(17)55(36-42(3)4)64(91)78-59(46(10)85)69(96)79(14)39-57(87)81(54)16/h19,21-24,27-30,41-46,50-55,58-60,85H,20,25-26,31-40H2,1-18H3,(H,73,88)(H,74,89)(H,75,92)(H,76,90)(H,77,86)(H,78,91)/t45-,46+,50-,51-,52-,53-,54-,55-,58+,59-,60-/m0/s1. The van der Waals surface area contributed by atoms with Crippen LogP contribution in [-0.4, -0.2) is 239 Å². The van der Waals surface area contributed by atoms with E-state index in [9.17, 15) is 53.1 Å². The highest BCUT2D eigenvalue weighted by molar-refractivity contribution is 6.31. The van der Waals surface area contributed by atoms with Crippen LogP contribution in [0.4, 0.5) is 0 Å². The Hall–Kier alpha value is -7.71. The predicted octanol–water partition coefficient (Wildman–Crippen LogP) is 3.23. The zero-order chi connectivity index (χ0) is 73.8. The molecule has 0 saturated carbocycles. The number of aliphatic hydroxyl groups is 1. The largest absolute Gasteiger partial charge is 0.391 e. The van der Waals surface area contributed by atoms with Crippen LogP contribution in [0.2, 0.25) is 5.02 Å². The minimum Gasteiger partial charge on any atom is -0.391 e. The van der Waals surface area contributed by atoms with Crippen molar-refractivity contribution in [2.24, 2.45) is 23.7 Å². The summed E-state index contributed by atoms with van der Waals surface area (Å²) in [5.74, 6) is -11.0. The molecule has 2 saturated heterocycles. The van der Waals surface area contributed by atoms with Crippen molar-refractivity contribution in [2.75, 3.05) is 61.5 Å². The zero-order valence-corrected chi connectivity index (χ0v) is 61.6. The zero-order valence-electron chi connectivity index (χ0n) is 60.9. The highest BCUT2D eigenvalue weighted by atomic mass is 35.5. The van der Waals surface area contributed by atoms with E-state index in [2.05, 4.69) is 31.9 Å². The van der Waals surface area contributed by atoms with Crippen molar-refractivity contribution in [1.82, 2.24) is 61.3 Å². The number of ether oxygens (including phenoxy) is 1. The first kappa shape index (κ1) is 82.7. The number of hydrogen-bond acceptors (Lipinski definition) is 14. The molecule has 11 atom stereocenters. The number of aliphatic hydroxyl groups excluding tert-OH is 1. The molecule has 2 fully saturated rings. The van der Waals surface area contributed by atoms with E-state index < -0.39 is 174 Å². The molecule has 26 nitrogen and oxygen atoms in total. The fourth-order valence-corrected chi connectivity index (χ4v) is 12.1. The first-order valence-corrected chi connectivity index (χ1v) is 34.6. The number of halogens is 1. The van der Waals surface area contributed by atoms with Crippen molar-refractivity contribution in [1.29, 1.82) is 0 Å². The van der Waals surface area contributed by atoms with Gasteiger partial charge in [0.15, 0.2) is 0 Å². The SMILES string of the molecule is CC(C)C[C@H]1C(=O)N[C@@H](COC(C)(C)C)C(=O)N[C@@H](Cc2ccccc2)C(=O)N(C)[C@@H](C(C)C)C(=O)N[C@H](C(=O)N2CCCCC2)CC(=O)N[C@H](C(C)C)C(=O)N(C)[C@@H](C)C(=O)N[C@@H](CCc2ccccc2Cl)C(=O)N(C)[C@@H](CC(C)C)C(=O)N[C@@H]([C@@H](C)O)C(=O)N(C)CC(=O)N1C. The van der Waals surface area contributed by atoms with Gasteiger partial charge >= 0.3 is 0 Å². The molecular weight excluding hydrogens is 1280 g/mol. The lowest BCUT2D eigenvalue weighted by molar-refractivity contribution is -0.148. The lowest BCUT2D eigenvalue weighted by Crippen LogP contribution is -2.62. The molecule has 0 aliphatic carbocycles. The number of aryl methyl sites for hydroxylation is 1. The molecule has 2 aliphatic heterocycles. The number of rotatable bonds is 15. The average Bonchev–Trinajstić information content (AvgIpc) is 0.841. The number of likely N-dealkylation sites (tertiary alicyclic amines) is 1. The van der Waals surface area contributed by atoms with Gasteiger partial charge < -0.3 is 71.1 Å². The highest BCUT2D eigenvalue weighted by Gasteiger charge is 2.43. The molecule has 0 bridgehead atoms. The summed E-state index contributed by atoms with van der Waals surface area (Å²) in [7, 11) is 6.74. The van der Waals surface area contributed by atoms with Gasteiger partial charge in [-0.2, -0.15) is 0 Å². The second-order valence-electron chi connectivity index (χ2n) is 28.8. The molecular formula is C71H111ClN12O14. The number of carbonyl (C=O) groups is 12. The molecule has 0 spiro atoms. The summed E-state index contributed by atoms with van der Waals surface area (Å²) in [6.07, 6.45) is 0.0544. The molecule has 98 heavy (non-hydrogen) atoms. The first-order valence-electron chi connectivity index (χ1n) is 34.3. The summed E-state index contributed by atoms with van der Waals surface area (Å²) < 4.78 is 6.12. The number of piperidine rings is 1. The van der Waals surface area contributed by atoms with E-state index >= 15 is 9.59 Å². The third-order valence-corrected chi connectivity index (χ3v) is 18.2. The lowest BCUT2D eigenvalue weighted by atomic mass is 9.98. The quantitative estimate of drug-likeness (QED) is 0.135. The summed E-state index contributed by atoms with van der Waals surface area (Å²) in [5.41, 5.74) is 0.390. The molecule has 27 heteroatoms. The summed E-state index contributed by atoms with van der Waals surface area (Å²) in [6, 6.07) is 1.70. The molecule has 2 aliphatic rings. The molecule has 0 aromatic heterocycles. The van der Waals surface area contributed by atoms with Crippen molar-refractivity contribution in [3.63, 3.8) is 0 Å². The van der Waals surface area contributed by atoms with Crippen LogP contribution in [-0.2, 0) is 75.1 Å². The van der Waals surface area contributed by atoms with Crippen LogP contribution in [0.15, 0.2) is 54.6 Å². The van der Waals surface area contributed by atoms with Gasteiger partial charge in [0.25, 0.3) is 0 Å². The second kappa shape index (κ2) is 38.0. The number of carbonyl (C=O) groups excluding carboxylic acids is 12. The summed E-state index contributed by atoms with van der Waals surface area (Å²) >= 11 is 6.59. The van der Waals surface area contributed by atoms with Crippen LogP contribution in [0.3, 0.4) is 0 Å². The van der Waals surface area contributed by atoms with Crippen molar-refractivity contribution in [3.05, 3.63) is 70.7 Å². The van der Waals surface area contributed by atoms with Gasteiger partial charge in [0.1, 0.15) is 60.4 Å². The van der Waals surface area contributed by atoms with Crippen molar-refractivity contribution in [3.8, 4) is 0 Å². The van der Waals surface area contributed by atoms with Crippen molar-refractivity contribution >= 4 is 82.5 Å². The minimum absolute atomic E-state index is 0.0287. The van der Waals surface area contributed by atoms with Gasteiger partial charge in [-0.05, 0) is 120 Å². The normalized spacial score (nSPS) is 25.3. The fourth-order valence-electron chi connectivity index (χ4n) is 11.9. The Morgan fingerprint density at radius 2 is 1.12 bits per heavy atom. The molecule has 12 amide bonds. The van der Waals surface area contributed by atoms with E-state index in [0.717, 1.165) is 26.0 Å². The van der Waals surface area contributed by atoms with E-state index in [1.165, 1.54) is 54.0 Å². The van der Waals surface area contributed by atoms with Gasteiger partial charge in [0.05, 0.1) is 31.3 Å². The van der Waals surface area contributed by atoms with Gasteiger partial charge in [0, 0.05) is 59.8 Å². The van der Waals surface area contributed by atoms with E-state index in [-0.39, 0.29) is 43.9 Å². The number of likely N-dealkylation sites (N-methyl/N-ethyl adjacent to an activating group) is 5. The Bertz CT molecular complexity index is 3080. The predicted molar refractivity (Wildman–Crippen MR) is 372 cm³/mol. The third-order valence-electron chi connectivity index (χ3n) is 17.8. The smallest absolute Gasteiger partial charge is 0.248 e. The average molecular weight is 1390 g/mol. The molecule has 0 radical (unpaired) electrons.